The van der Waals surface area contributed by atoms with Crippen molar-refractivity contribution in [3.05, 3.63) is 59.7 Å². The van der Waals surface area contributed by atoms with Gasteiger partial charge in [-0.3, -0.25) is 9.69 Å². The van der Waals surface area contributed by atoms with Crippen molar-refractivity contribution < 1.29 is 9.53 Å². The first-order valence-electron chi connectivity index (χ1n) is 9.46. The molecule has 3 rings (SSSR count). The van der Waals surface area contributed by atoms with Gasteiger partial charge < -0.3 is 10.1 Å². The molecule has 2 aromatic carbocycles. The van der Waals surface area contributed by atoms with E-state index in [0.717, 1.165) is 44.8 Å². The summed E-state index contributed by atoms with van der Waals surface area (Å²) in [5.74, 6) is 1.31. The normalized spacial score (nSPS) is 15.5. The summed E-state index contributed by atoms with van der Waals surface area (Å²) in [6.45, 7) is 3.94. The zero-order valence-electron chi connectivity index (χ0n) is 16.1. The number of piperidine rings is 1. The van der Waals surface area contributed by atoms with Gasteiger partial charge in [0.25, 0.3) is 5.91 Å². The van der Waals surface area contributed by atoms with Gasteiger partial charge in [-0.2, -0.15) is 0 Å². The van der Waals surface area contributed by atoms with E-state index >= 15 is 0 Å². The standard InChI is InChI=1S/C22H28N2O2S/c1-26-20-9-7-18(8-10-20)22(25)23-15-17-11-13-24(14-12-17)16-19-5-3-4-6-21(19)27-2/h3-10,17H,11-16H2,1-2H3,(H,23,25). The Kier molecular flexibility index (Phi) is 7.18. The zero-order valence-corrected chi connectivity index (χ0v) is 16.9. The lowest BCUT2D eigenvalue weighted by Crippen LogP contribution is -2.38. The van der Waals surface area contributed by atoms with Gasteiger partial charge >= 0.3 is 0 Å². The molecule has 0 aromatic heterocycles. The lowest BCUT2D eigenvalue weighted by atomic mass is 9.96. The minimum atomic E-state index is -0.00557. The van der Waals surface area contributed by atoms with Crippen molar-refractivity contribution in [3.63, 3.8) is 0 Å². The summed E-state index contributed by atoms with van der Waals surface area (Å²) in [5, 5.41) is 3.09. The molecule has 4 nitrogen and oxygen atoms in total. The second-order valence-electron chi connectivity index (χ2n) is 6.97. The van der Waals surface area contributed by atoms with Gasteiger partial charge in [-0.05, 0) is 74.0 Å². The highest BCUT2D eigenvalue weighted by molar-refractivity contribution is 7.98. The summed E-state index contributed by atoms with van der Waals surface area (Å²) in [4.78, 5) is 16.2. The van der Waals surface area contributed by atoms with E-state index in [4.69, 9.17) is 4.74 Å². The molecule has 1 fully saturated rings. The summed E-state index contributed by atoms with van der Waals surface area (Å²) < 4.78 is 5.13. The van der Waals surface area contributed by atoms with Gasteiger partial charge in [-0.15, -0.1) is 11.8 Å². The molecule has 1 saturated heterocycles. The lowest BCUT2D eigenvalue weighted by Gasteiger charge is -2.32. The number of likely N-dealkylation sites (tertiary alicyclic amines) is 1. The highest BCUT2D eigenvalue weighted by Gasteiger charge is 2.20. The molecule has 144 valence electrons. The van der Waals surface area contributed by atoms with Crippen molar-refractivity contribution in [2.75, 3.05) is 33.0 Å². The van der Waals surface area contributed by atoms with E-state index in [2.05, 4.69) is 40.7 Å². The fourth-order valence-corrected chi connectivity index (χ4v) is 4.11. The van der Waals surface area contributed by atoms with E-state index in [-0.39, 0.29) is 5.91 Å². The third-order valence-corrected chi connectivity index (χ3v) is 6.04. The van der Waals surface area contributed by atoms with Crippen LogP contribution in [0.2, 0.25) is 0 Å². The largest absolute Gasteiger partial charge is 0.497 e. The number of carbonyl (C=O) groups is 1. The molecule has 2 aromatic rings. The number of benzene rings is 2. The van der Waals surface area contributed by atoms with E-state index < -0.39 is 0 Å². The van der Waals surface area contributed by atoms with Gasteiger partial charge in [0.05, 0.1) is 7.11 Å². The quantitative estimate of drug-likeness (QED) is 0.731. The van der Waals surface area contributed by atoms with Gasteiger partial charge in [0.1, 0.15) is 5.75 Å². The van der Waals surface area contributed by atoms with Crippen molar-refractivity contribution in [3.8, 4) is 5.75 Å². The number of ether oxygens (including phenoxy) is 1. The van der Waals surface area contributed by atoms with Crippen LogP contribution in [-0.4, -0.2) is 43.8 Å². The number of methoxy groups -OCH3 is 1. The fraction of sp³-hybridized carbons (Fsp3) is 0.409. The van der Waals surface area contributed by atoms with E-state index in [9.17, 15) is 4.79 Å². The monoisotopic (exact) mass is 384 g/mol. The highest BCUT2D eigenvalue weighted by Crippen LogP contribution is 2.24. The molecule has 1 amide bonds. The number of nitrogens with one attached hydrogen (secondary N) is 1. The average Bonchev–Trinajstić information content (AvgIpc) is 2.73. The topological polar surface area (TPSA) is 41.6 Å². The first kappa shape index (κ1) is 19.8. The minimum Gasteiger partial charge on any atom is -0.497 e. The summed E-state index contributed by atoms with van der Waals surface area (Å²) in [5.41, 5.74) is 2.10. The Morgan fingerprint density at radius 2 is 1.85 bits per heavy atom. The molecule has 0 atom stereocenters. The molecular weight excluding hydrogens is 356 g/mol. The van der Waals surface area contributed by atoms with Crippen LogP contribution in [0.3, 0.4) is 0 Å². The molecule has 0 aliphatic carbocycles. The number of rotatable bonds is 7. The van der Waals surface area contributed by atoms with Crippen LogP contribution < -0.4 is 10.1 Å². The Bertz CT molecular complexity index is 740. The van der Waals surface area contributed by atoms with Crippen molar-refractivity contribution in [2.24, 2.45) is 5.92 Å². The SMILES string of the molecule is COc1ccc(C(=O)NCC2CCN(Cc3ccccc3SC)CC2)cc1. The van der Waals surface area contributed by atoms with Gasteiger partial charge in [0.2, 0.25) is 0 Å². The van der Waals surface area contributed by atoms with Crippen LogP contribution in [0.5, 0.6) is 5.75 Å². The third-order valence-electron chi connectivity index (χ3n) is 5.20. The predicted octanol–water partition coefficient (Wildman–Crippen LogP) is 4.06. The van der Waals surface area contributed by atoms with E-state index in [0.29, 0.717) is 11.5 Å². The van der Waals surface area contributed by atoms with Crippen LogP contribution >= 0.6 is 11.8 Å². The molecule has 1 N–H and O–H groups in total. The predicted molar refractivity (Wildman–Crippen MR) is 112 cm³/mol. The molecule has 1 aliphatic rings. The van der Waals surface area contributed by atoms with E-state index in [1.165, 1.54) is 10.5 Å². The number of hydrogen-bond donors (Lipinski definition) is 1. The Morgan fingerprint density at radius 3 is 2.52 bits per heavy atom. The molecule has 27 heavy (non-hydrogen) atoms. The van der Waals surface area contributed by atoms with Crippen LogP contribution in [0.1, 0.15) is 28.8 Å². The summed E-state index contributed by atoms with van der Waals surface area (Å²) >= 11 is 1.81. The van der Waals surface area contributed by atoms with Gasteiger partial charge in [-0.25, -0.2) is 0 Å². The summed E-state index contributed by atoms with van der Waals surface area (Å²) in [6, 6.07) is 15.9. The zero-order chi connectivity index (χ0) is 19.1. The molecule has 0 radical (unpaired) electrons. The van der Waals surface area contributed by atoms with Crippen molar-refractivity contribution in [2.45, 2.75) is 24.3 Å². The molecule has 0 unspecified atom stereocenters. The summed E-state index contributed by atoms with van der Waals surface area (Å²) in [7, 11) is 1.63. The minimum absolute atomic E-state index is 0.00557. The van der Waals surface area contributed by atoms with Crippen LogP contribution in [0.15, 0.2) is 53.4 Å². The Balaban J connectivity index is 1.43. The first-order chi connectivity index (χ1) is 13.2. The molecule has 0 spiro atoms. The maximum Gasteiger partial charge on any atom is 0.251 e. The van der Waals surface area contributed by atoms with Gasteiger partial charge in [0.15, 0.2) is 0 Å². The number of thioether (sulfide) groups is 1. The van der Waals surface area contributed by atoms with E-state index in [1.54, 1.807) is 19.2 Å². The first-order valence-corrected chi connectivity index (χ1v) is 10.7. The molecule has 5 heteroatoms. The maximum atomic E-state index is 12.3. The highest BCUT2D eigenvalue weighted by atomic mass is 32.2. The second kappa shape index (κ2) is 9.81. The summed E-state index contributed by atoms with van der Waals surface area (Å²) in [6.07, 6.45) is 4.39. The van der Waals surface area contributed by atoms with Crippen molar-refractivity contribution in [1.82, 2.24) is 10.2 Å². The van der Waals surface area contributed by atoms with Gasteiger partial charge in [0, 0.05) is 23.5 Å². The van der Waals surface area contributed by atoms with Crippen LogP contribution in [0.25, 0.3) is 0 Å². The number of carbonyl (C=O) groups excluding carboxylic acids is 1. The lowest BCUT2D eigenvalue weighted by molar-refractivity contribution is 0.0935. The molecule has 1 aliphatic heterocycles. The number of nitrogens with zero attached hydrogens (tertiary/aromatic N) is 1. The van der Waals surface area contributed by atoms with E-state index in [1.807, 2.05) is 23.9 Å². The number of hydrogen-bond acceptors (Lipinski definition) is 4. The van der Waals surface area contributed by atoms with Crippen LogP contribution in [-0.2, 0) is 6.54 Å². The van der Waals surface area contributed by atoms with Crippen LogP contribution in [0.4, 0.5) is 0 Å². The Labute approximate surface area is 166 Å². The Morgan fingerprint density at radius 1 is 1.15 bits per heavy atom. The fourth-order valence-electron chi connectivity index (χ4n) is 3.50. The van der Waals surface area contributed by atoms with Crippen molar-refractivity contribution >= 4 is 17.7 Å². The van der Waals surface area contributed by atoms with Crippen LogP contribution in [0, 0.1) is 5.92 Å². The molecular formula is C22H28N2O2S. The second-order valence-corrected chi connectivity index (χ2v) is 7.82. The smallest absolute Gasteiger partial charge is 0.251 e. The van der Waals surface area contributed by atoms with Gasteiger partial charge in [-0.1, -0.05) is 18.2 Å². The molecule has 0 bridgehead atoms. The maximum absolute atomic E-state index is 12.3. The molecule has 0 saturated carbocycles. The third kappa shape index (κ3) is 5.50. The Hall–Kier alpha value is -1.98. The van der Waals surface area contributed by atoms with Crippen molar-refractivity contribution in [1.29, 1.82) is 0 Å². The molecule has 1 heterocycles. The number of amides is 1. The average molecular weight is 385 g/mol.